The highest BCUT2D eigenvalue weighted by molar-refractivity contribution is 5.70. The number of nitrogens with zero attached hydrogens (tertiary/aromatic N) is 1. The van der Waals surface area contributed by atoms with Gasteiger partial charge in [-0.15, -0.1) is 0 Å². The van der Waals surface area contributed by atoms with Crippen molar-refractivity contribution >= 4 is 17.9 Å². The second-order valence-corrected chi connectivity index (χ2v) is 18.8. The molecule has 0 saturated heterocycles. The van der Waals surface area contributed by atoms with Crippen molar-refractivity contribution in [2.75, 3.05) is 47.5 Å². The SMILES string of the molecule is CC/C=C\C/C=C\C/C=C\C/C=C\C/C=C\C/C=C\C/C=C\CCCC(=O)OC(COC(=O)CCCCCCCCCCCCCCCCCCCCC)COC(OCC[N+](C)(C)C)C(=O)[O-]. The van der Waals surface area contributed by atoms with Gasteiger partial charge >= 0.3 is 11.9 Å². The average Bonchev–Trinajstić information content (AvgIpc) is 3.29. The Kier molecular flexibility index (Phi) is 46.3. The highest BCUT2D eigenvalue weighted by Gasteiger charge is 2.21. The summed E-state index contributed by atoms with van der Waals surface area (Å²) in [5.74, 6) is -2.37. The van der Waals surface area contributed by atoms with E-state index in [0.717, 1.165) is 64.2 Å². The fraction of sp³-hybridized carbons (Fsp3) is 0.707. The van der Waals surface area contributed by atoms with Crippen LogP contribution >= 0.6 is 0 Å². The molecule has 0 spiro atoms. The summed E-state index contributed by atoms with van der Waals surface area (Å²) in [5.41, 5.74) is 0. The first-order valence-corrected chi connectivity index (χ1v) is 26.7. The van der Waals surface area contributed by atoms with Crippen LogP contribution in [-0.2, 0) is 33.3 Å². The monoisotopic (exact) mass is 938 g/mol. The Morgan fingerprint density at radius 3 is 1.25 bits per heavy atom. The molecule has 0 N–H and O–H groups in total. The molecule has 0 aromatic heterocycles. The Morgan fingerprint density at radius 1 is 0.463 bits per heavy atom. The molecule has 9 nitrogen and oxygen atoms in total. The first-order chi connectivity index (χ1) is 32.6. The zero-order valence-electron chi connectivity index (χ0n) is 43.5. The van der Waals surface area contributed by atoms with E-state index in [1.54, 1.807) is 0 Å². The summed E-state index contributed by atoms with van der Waals surface area (Å²) in [6.07, 6.45) is 60.6. The standard InChI is InChI=1S/C58H99NO8/c1-6-8-10-12-14-16-18-20-22-24-26-27-28-29-31-33-35-37-39-41-43-45-47-49-56(61)67-54(53-66-58(57(62)63)64-51-50-59(3,4)5)52-65-55(60)48-46-44-42-40-38-36-34-32-30-25-23-21-19-17-15-13-11-9-7-2/h8,10,14,16,20,22,26-27,29,31,35,37,41,43,54,58H,6-7,9,11-13,15,17-19,21,23-25,28,30,32-34,36,38-40,42,44-53H2,1-5H3/b10-8-,16-14-,22-20-,27-26-,31-29-,37-35-,43-41-. The lowest BCUT2D eigenvalue weighted by Crippen LogP contribution is -2.44. The van der Waals surface area contributed by atoms with Crippen LogP contribution in [0.3, 0.4) is 0 Å². The molecule has 0 aromatic rings. The number of hydrogen-bond acceptors (Lipinski definition) is 8. The van der Waals surface area contributed by atoms with E-state index in [1.807, 2.05) is 21.1 Å². The topological polar surface area (TPSA) is 111 Å². The number of hydrogen-bond donors (Lipinski definition) is 0. The van der Waals surface area contributed by atoms with Crippen LogP contribution in [0.1, 0.15) is 206 Å². The van der Waals surface area contributed by atoms with Crippen molar-refractivity contribution in [1.29, 1.82) is 0 Å². The van der Waals surface area contributed by atoms with Crippen molar-refractivity contribution in [2.45, 2.75) is 219 Å². The third-order valence-corrected chi connectivity index (χ3v) is 11.2. The minimum atomic E-state index is -1.64. The van der Waals surface area contributed by atoms with Crippen molar-refractivity contribution in [2.24, 2.45) is 0 Å². The van der Waals surface area contributed by atoms with E-state index >= 15 is 0 Å². The molecular formula is C58H99NO8. The maximum Gasteiger partial charge on any atom is 0.306 e. The number of unbranched alkanes of at least 4 members (excludes halogenated alkanes) is 19. The second kappa shape index (κ2) is 48.9. The molecule has 0 aliphatic heterocycles. The van der Waals surface area contributed by atoms with Crippen LogP contribution in [0.15, 0.2) is 85.1 Å². The average molecular weight is 938 g/mol. The van der Waals surface area contributed by atoms with Gasteiger partial charge in [0.2, 0.25) is 0 Å². The number of allylic oxidation sites excluding steroid dienone is 14. The van der Waals surface area contributed by atoms with Crippen LogP contribution in [0.4, 0.5) is 0 Å². The molecule has 0 aliphatic carbocycles. The van der Waals surface area contributed by atoms with E-state index in [4.69, 9.17) is 18.9 Å². The lowest BCUT2D eigenvalue weighted by molar-refractivity contribution is -0.870. The maximum absolute atomic E-state index is 12.8. The number of aliphatic carboxylic acids is 1. The Morgan fingerprint density at radius 2 is 0.851 bits per heavy atom. The predicted molar refractivity (Wildman–Crippen MR) is 278 cm³/mol. The minimum Gasteiger partial charge on any atom is -0.545 e. The summed E-state index contributed by atoms with van der Waals surface area (Å²) in [4.78, 5) is 37.2. The number of carboxylic acids is 1. The maximum atomic E-state index is 12.8. The fourth-order valence-electron chi connectivity index (χ4n) is 7.05. The van der Waals surface area contributed by atoms with Crippen LogP contribution in [0.2, 0.25) is 0 Å². The summed E-state index contributed by atoms with van der Waals surface area (Å²) in [5, 5.41) is 11.7. The normalized spacial score (nSPS) is 13.5. The molecule has 384 valence electrons. The molecular weight excluding hydrogens is 839 g/mol. The van der Waals surface area contributed by atoms with Crippen molar-refractivity contribution in [3.05, 3.63) is 85.1 Å². The third-order valence-electron chi connectivity index (χ3n) is 11.2. The van der Waals surface area contributed by atoms with Crippen molar-refractivity contribution in [1.82, 2.24) is 0 Å². The van der Waals surface area contributed by atoms with Gasteiger partial charge in [-0.25, -0.2) is 0 Å². The molecule has 0 heterocycles. The molecule has 0 amide bonds. The first kappa shape index (κ1) is 63.5. The van der Waals surface area contributed by atoms with Gasteiger partial charge in [-0.05, 0) is 64.2 Å². The van der Waals surface area contributed by atoms with Gasteiger partial charge in [-0.1, -0.05) is 214 Å². The van der Waals surface area contributed by atoms with Gasteiger partial charge < -0.3 is 33.3 Å². The number of likely N-dealkylation sites (N-methyl/N-ethyl adjacent to an activating group) is 1. The molecule has 2 atom stereocenters. The van der Waals surface area contributed by atoms with Gasteiger partial charge in [0.05, 0.1) is 40.3 Å². The summed E-state index contributed by atoms with van der Waals surface area (Å²) < 4.78 is 22.6. The van der Waals surface area contributed by atoms with E-state index in [2.05, 4.69) is 98.9 Å². The van der Waals surface area contributed by atoms with Crippen molar-refractivity contribution < 1.29 is 42.9 Å². The highest BCUT2D eigenvalue weighted by Crippen LogP contribution is 2.15. The number of rotatable bonds is 48. The molecule has 0 saturated carbocycles. The second-order valence-electron chi connectivity index (χ2n) is 18.8. The predicted octanol–water partition coefficient (Wildman–Crippen LogP) is 13.9. The van der Waals surface area contributed by atoms with Crippen LogP contribution in [0.5, 0.6) is 0 Å². The lowest BCUT2D eigenvalue weighted by atomic mass is 10.0. The molecule has 0 aliphatic rings. The zero-order chi connectivity index (χ0) is 49.2. The lowest BCUT2D eigenvalue weighted by Gasteiger charge is -2.26. The highest BCUT2D eigenvalue weighted by atomic mass is 16.7. The molecule has 67 heavy (non-hydrogen) atoms. The number of esters is 2. The van der Waals surface area contributed by atoms with E-state index in [9.17, 15) is 19.5 Å². The summed E-state index contributed by atoms with van der Waals surface area (Å²) in [6.45, 7) is 4.57. The minimum absolute atomic E-state index is 0.134. The van der Waals surface area contributed by atoms with Gasteiger partial charge in [-0.2, -0.15) is 0 Å². The number of carbonyl (C=O) groups excluding carboxylic acids is 3. The molecule has 9 heteroatoms. The summed E-state index contributed by atoms with van der Waals surface area (Å²) in [6, 6.07) is 0. The van der Waals surface area contributed by atoms with E-state index in [0.29, 0.717) is 23.9 Å². The molecule has 0 rings (SSSR count). The number of carbonyl (C=O) groups is 3. The van der Waals surface area contributed by atoms with E-state index in [1.165, 1.54) is 103 Å². The molecule has 0 radical (unpaired) electrons. The number of carboxylic acid groups (broad SMARTS) is 1. The Labute approximate surface area is 410 Å². The van der Waals surface area contributed by atoms with E-state index < -0.39 is 24.3 Å². The van der Waals surface area contributed by atoms with Gasteiger partial charge in [0.1, 0.15) is 13.2 Å². The van der Waals surface area contributed by atoms with Crippen LogP contribution in [-0.4, -0.2) is 82.3 Å². The Balaban J connectivity index is 4.43. The fourth-order valence-corrected chi connectivity index (χ4v) is 7.05. The van der Waals surface area contributed by atoms with Crippen molar-refractivity contribution in [3.63, 3.8) is 0 Å². The third kappa shape index (κ3) is 50.2. The number of ether oxygens (including phenoxy) is 4. The number of quaternary nitrogens is 1. The Bertz CT molecular complexity index is 1370. The van der Waals surface area contributed by atoms with Crippen LogP contribution in [0, 0.1) is 0 Å². The Hall–Kier alpha value is -3.53. The summed E-state index contributed by atoms with van der Waals surface area (Å²) in [7, 11) is 5.89. The molecule has 2 unspecified atom stereocenters. The molecule has 0 fully saturated rings. The van der Waals surface area contributed by atoms with Gasteiger partial charge in [0.15, 0.2) is 12.4 Å². The van der Waals surface area contributed by atoms with Crippen molar-refractivity contribution in [3.8, 4) is 0 Å². The van der Waals surface area contributed by atoms with Crippen LogP contribution < -0.4 is 5.11 Å². The molecule has 0 bridgehead atoms. The largest absolute Gasteiger partial charge is 0.545 e. The van der Waals surface area contributed by atoms with Gasteiger partial charge in [0.25, 0.3) is 0 Å². The zero-order valence-corrected chi connectivity index (χ0v) is 43.5. The molecule has 0 aromatic carbocycles. The van der Waals surface area contributed by atoms with Gasteiger partial charge in [-0.3, -0.25) is 9.59 Å². The quantitative estimate of drug-likeness (QED) is 0.0195. The van der Waals surface area contributed by atoms with Crippen LogP contribution in [0.25, 0.3) is 0 Å². The van der Waals surface area contributed by atoms with Gasteiger partial charge in [0, 0.05) is 12.8 Å². The first-order valence-electron chi connectivity index (χ1n) is 26.7. The summed E-state index contributed by atoms with van der Waals surface area (Å²) >= 11 is 0. The van der Waals surface area contributed by atoms with E-state index in [-0.39, 0.29) is 38.6 Å². The smallest absolute Gasteiger partial charge is 0.306 e.